The van der Waals surface area contributed by atoms with Gasteiger partial charge in [-0.05, 0) is 37.5 Å². The van der Waals surface area contributed by atoms with Crippen molar-refractivity contribution in [1.29, 1.82) is 0 Å². The summed E-state index contributed by atoms with van der Waals surface area (Å²) >= 11 is 0. The molecule has 108 valence electrons. The first-order valence-electron chi connectivity index (χ1n) is 6.84. The Kier molecular flexibility index (Phi) is 4.69. The molecule has 0 spiro atoms. The van der Waals surface area contributed by atoms with E-state index in [-0.39, 0.29) is 11.8 Å². The zero-order chi connectivity index (χ0) is 14.6. The van der Waals surface area contributed by atoms with Crippen molar-refractivity contribution in [2.45, 2.75) is 37.9 Å². The summed E-state index contributed by atoms with van der Waals surface area (Å²) in [5.74, 6) is 5.69. The third-order valence-corrected chi connectivity index (χ3v) is 5.42. The number of hydrogen-bond acceptors (Lipinski definition) is 3. The zero-order valence-electron chi connectivity index (χ0n) is 11.6. The first-order chi connectivity index (χ1) is 9.53. The second-order valence-corrected chi connectivity index (χ2v) is 7.05. The molecule has 4 nitrogen and oxygen atoms in total. The van der Waals surface area contributed by atoms with E-state index < -0.39 is 10.0 Å². The van der Waals surface area contributed by atoms with Crippen LogP contribution < -0.4 is 10.5 Å². The van der Waals surface area contributed by atoms with Crippen molar-refractivity contribution in [3.63, 3.8) is 0 Å². The van der Waals surface area contributed by atoms with E-state index in [0.29, 0.717) is 5.69 Å². The number of anilines is 1. The topological polar surface area (TPSA) is 72.2 Å². The predicted octanol–water partition coefficient (Wildman–Crippen LogP) is 1.99. The third kappa shape index (κ3) is 3.53. The van der Waals surface area contributed by atoms with Gasteiger partial charge in [0.15, 0.2) is 0 Å². The van der Waals surface area contributed by atoms with Gasteiger partial charge >= 0.3 is 0 Å². The Labute approximate surface area is 120 Å². The molecule has 0 saturated heterocycles. The lowest BCUT2D eigenvalue weighted by Gasteiger charge is -2.15. The van der Waals surface area contributed by atoms with Crippen LogP contribution in [0.25, 0.3) is 0 Å². The molecule has 1 aliphatic carbocycles. The van der Waals surface area contributed by atoms with E-state index in [1.165, 1.54) is 0 Å². The van der Waals surface area contributed by atoms with Gasteiger partial charge in [-0.1, -0.05) is 30.7 Å². The molecule has 3 N–H and O–H groups in total. The summed E-state index contributed by atoms with van der Waals surface area (Å²) in [4.78, 5) is 0. The van der Waals surface area contributed by atoms with E-state index in [9.17, 15) is 8.42 Å². The zero-order valence-corrected chi connectivity index (χ0v) is 12.5. The SMILES string of the molecule is Cc1ccc(C#CCN)cc1NS(=O)(=O)C1CCCC1. The third-order valence-electron chi connectivity index (χ3n) is 3.57. The van der Waals surface area contributed by atoms with Gasteiger partial charge in [0, 0.05) is 5.56 Å². The lowest BCUT2D eigenvalue weighted by molar-refractivity contribution is 0.585. The Bertz CT molecular complexity index is 636. The molecule has 0 aliphatic heterocycles. The van der Waals surface area contributed by atoms with Gasteiger partial charge in [-0.25, -0.2) is 8.42 Å². The van der Waals surface area contributed by atoms with E-state index in [1.807, 2.05) is 19.1 Å². The largest absolute Gasteiger partial charge is 0.320 e. The molecule has 0 unspecified atom stereocenters. The molecule has 0 amide bonds. The minimum absolute atomic E-state index is 0.263. The molecule has 0 bridgehead atoms. The normalized spacial score (nSPS) is 15.7. The van der Waals surface area contributed by atoms with Crippen LogP contribution in [0.15, 0.2) is 18.2 Å². The maximum absolute atomic E-state index is 12.3. The quantitative estimate of drug-likeness (QED) is 0.837. The number of nitrogens with one attached hydrogen (secondary N) is 1. The summed E-state index contributed by atoms with van der Waals surface area (Å²) in [7, 11) is -3.30. The van der Waals surface area contributed by atoms with Crippen molar-refractivity contribution in [3.05, 3.63) is 29.3 Å². The summed E-state index contributed by atoms with van der Waals surface area (Å²) in [6, 6.07) is 5.50. The molecule has 0 heterocycles. The molecule has 1 fully saturated rings. The maximum Gasteiger partial charge on any atom is 0.235 e. The fourth-order valence-corrected chi connectivity index (χ4v) is 4.05. The van der Waals surface area contributed by atoms with Gasteiger partial charge in [-0.2, -0.15) is 0 Å². The smallest absolute Gasteiger partial charge is 0.235 e. The van der Waals surface area contributed by atoms with Gasteiger partial charge in [0.05, 0.1) is 17.5 Å². The van der Waals surface area contributed by atoms with Crippen LogP contribution in [-0.2, 0) is 10.0 Å². The van der Waals surface area contributed by atoms with Crippen LogP contribution in [-0.4, -0.2) is 20.2 Å². The van der Waals surface area contributed by atoms with E-state index in [4.69, 9.17) is 5.73 Å². The van der Waals surface area contributed by atoms with Gasteiger partial charge in [0.1, 0.15) is 0 Å². The first-order valence-corrected chi connectivity index (χ1v) is 8.39. The van der Waals surface area contributed by atoms with Crippen LogP contribution in [0.4, 0.5) is 5.69 Å². The van der Waals surface area contributed by atoms with Crippen molar-refractivity contribution in [1.82, 2.24) is 0 Å². The Hall–Kier alpha value is -1.51. The predicted molar refractivity (Wildman–Crippen MR) is 81.9 cm³/mol. The molecule has 0 radical (unpaired) electrons. The van der Waals surface area contributed by atoms with Crippen LogP contribution in [0.3, 0.4) is 0 Å². The van der Waals surface area contributed by atoms with E-state index in [0.717, 1.165) is 36.8 Å². The highest BCUT2D eigenvalue weighted by molar-refractivity contribution is 7.93. The number of nitrogens with two attached hydrogens (primary N) is 1. The van der Waals surface area contributed by atoms with Crippen LogP contribution in [0.5, 0.6) is 0 Å². The molecule has 0 atom stereocenters. The fourth-order valence-electron chi connectivity index (χ4n) is 2.40. The van der Waals surface area contributed by atoms with Crippen molar-refractivity contribution in [2.24, 2.45) is 5.73 Å². The van der Waals surface area contributed by atoms with Crippen LogP contribution in [0.1, 0.15) is 36.8 Å². The second-order valence-electron chi connectivity index (χ2n) is 5.09. The van der Waals surface area contributed by atoms with Crippen molar-refractivity contribution in [2.75, 3.05) is 11.3 Å². The average Bonchev–Trinajstić information content (AvgIpc) is 2.94. The molecule has 1 aromatic carbocycles. The lowest BCUT2D eigenvalue weighted by Crippen LogP contribution is -2.25. The molecular weight excluding hydrogens is 272 g/mol. The summed E-state index contributed by atoms with van der Waals surface area (Å²) in [6.45, 7) is 2.17. The number of benzene rings is 1. The second kappa shape index (κ2) is 6.29. The monoisotopic (exact) mass is 292 g/mol. The number of aryl methyl sites for hydroxylation is 1. The molecule has 0 aromatic heterocycles. The van der Waals surface area contributed by atoms with Crippen molar-refractivity contribution < 1.29 is 8.42 Å². The molecule has 1 saturated carbocycles. The van der Waals surface area contributed by atoms with Crippen LogP contribution in [0, 0.1) is 18.8 Å². The standard InChI is InChI=1S/C15H20N2O2S/c1-12-8-9-13(5-4-10-16)11-15(12)17-20(18,19)14-6-2-3-7-14/h8-9,11,14,17H,2-3,6-7,10,16H2,1H3. The molecule has 1 aliphatic rings. The molecular formula is C15H20N2O2S. The number of hydrogen-bond donors (Lipinski definition) is 2. The van der Waals surface area contributed by atoms with Gasteiger partial charge in [0.2, 0.25) is 10.0 Å². The summed E-state index contributed by atoms with van der Waals surface area (Å²) < 4.78 is 27.3. The highest BCUT2D eigenvalue weighted by Gasteiger charge is 2.28. The van der Waals surface area contributed by atoms with Gasteiger partial charge < -0.3 is 5.73 Å². The van der Waals surface area contributed by atoms with Crippen molar-refractivity contribution in [3.8, 4) is 11.8 Å². The highest BCUT2D eigenvalue weighted by Crippen LogP contribution is 2.27. The average molecular weight is 292 g/mol. The maximum atomic E-state index is 12.3. The highest BCUT2D eigenvalue weighted by atomic mass is 32.2. The van der Waals surface area contributed by atoms with Gasteiger partial charge in [0.25, 0.3) is 0 Å². The first kappa shape index (κ1) is 14.9. The van der Waals surface area contributed by atoms with Gasteiger partial charge in [-0.15, -0.1) is 0 Å². The number of sulfonamides is 1. The Morgan fingerprint density at radius 3 is 2.70 bits per heavy atom. The minimum atomic E-state index is -3.30. The van der Waals surface area contributed by atoms with Crippen molar-refractivity contribution >= 4 is 15.7 Å². The van der Waals surface area contributed by atoms with E-state index in [2.05, 4.69) is 16.6 Å². The van der Waals surface area contributed by atoms with E-state index >= 15 is 0 Å². The Morgan fingerprint density at radius 1 is 1.35 bits per heavy atom. The van der Waals surface area contributed by atoms with Crippen LogP contribution in [0.2, 0.25) is 0 Å². The number of rotatable bonds is 3. The van der Waals surface area contributed by atoms with E-state index in [1.54, 1.807) is 6.07 Å². The lowest BCUT2D eigenvalue weighted by atomic mass is 10.1. The Balaban J connectivity index is 2.23. The molecule has 2 rings (SSSR count). The molecule has 5 heteroatoms. The Morgan fingerprint density at radius 2 is 2.05 bits per heavy atom. The molecule has 1 aromatic rings. The minimum Gasteiger partial charge on any atom is -0.320 e. The summed E-state index contributed by atoms with van der Waals surface area (Å²) in [5.41, 5.74) is 7.62. The van der Waals surface area contributed by atoms with Crippen LogP contribution >= 0.6 is 0 Å². The summed E-state index contributed by atoms with van der Waals surface area (Å²) in [6.07, 6.45) is 3.49. The fraction of sp³-hybridized carbons (Fsp3) is 0.467. The summed E-state index contributed by atoms with van der Waals surface area (Å²) in [5, 5.41) is -0.263. The molecule has 20 heavy (non-hydrogen) atoms. The van der Waals surface area contributed by atoms with Gasteiger partial charge in [-0.3, -0.25) is 4.72 Å².